The second-order valence-corrected chi connectivity index (χ2v) is 6.72. The highest BCUT2D eigenvalue weighted by molar-refractivity contribution is 7.08. The van der Waals surface area contributed by atoms with E-state index in [1.807, 2.05) is 21.7 Å². The molecule has 2 aliphatic heterocycles. The van der Waals surface area contributed by atoms with Crippen molar-refractivity contribution in [1.29, 1.82) is 0 Å². The third kappa shape index (κ3) is 4.61. The minimum atomic E-state index is -0.474. The lowest BCUT2D eigenvalue weighted by atomic mass is 10.1. The van der Waals surface area contributed by atoms with Crippen LogP contribution >= 0.6 is 11.3 Å². The minimum Gasteiger partial charge on any atom is -0.354 e. The fraction of sp³-hybridized carbons (Fsp3) is 0.412. The van der Waals surface area contributed by atoms with Crippen LogP contribution in [0, 0.1) is 5.92 Å². The Bertz CT molecular complexity index is 675. The van der Waals surface area contributed by atoms with Gasteiger partial charge in [0.15, 0.2) is 0 Å². The van der Waals surface area contributed by atoms with Crippen molar-refractivity contribution in [2.24, 2.45) is 10.9 Å². The molecule has 7 nitrogen and oxygen atoms in total. The Morgan fingerprint density at radius 2 is 2.08 bits per heavy atom. The average molecular weight is 360 g/mol. The molecule has 2 aliphatic rings. The minimum absolute atomic E-state index is 0.0899. The van der Waals surface area contributed by atoms with Gasteiger partial charge in [-0.2, -0.15) is 11.3 Å². The van der Waals surface area contributed by atoms with Gasteiger partial charge in [0.25, 0.3) is 11.8 Å². The monoisotopic (exact) mass is 360 g/mol. The van der Waals surface area contributed by atoms with E-state index in [2.05, 4.69) is 15.2 Å². The molecule has 0 saturated carbocycles. The number of carbonyl (C=O) groups excluding carboxylic acids is 3. The number of nitrogens with zero attached hydrogens (tertiary/aromatic N) is 3. The largest absolute Gasteiger partial charge is 0.354 e. The predicted octanol–water partition coefficient (Wildman–Crippen LogP) is 0.406. The van der Waals surface area contributed by atoms with Crippen LogP contribution in [0.2, 0.25) is 0 Å². The molecular weight excluding hydrogens is 340 g/mol. The van der Waals surface area contributed by atoms with Crippen LogP contribution in [0.15, 0.2) is 34.0 Å². The molecule has 0 bridgehead atoms. The zero-order valence-electron chi connectivity index (χ0n) is 13.8. The van der Waals surface area contributed by atoms with Gasteiger partial charge in [0, 0.05) is 56.9 Å². The number of dihydropyridines is 1. The first-order valence-corrected chi connectivity index (χ1v) is 9.15. The molecule has 1 atom stereocenters. The van der Waals surface area contributed by atoms with Crippen molar-refractivity contribution in [2.45, 2.75) is 0 Å². The molecule has 1 N–H and O–H groups in total. The zero-order chi connectivity index (χ0) is 17.6. The Morgan fingerprint density at radius 1 is 1.28 bits per heavy atom. The highest BCUT2D eigenvalue weighted by Gasteiger charge is 2.22. The van der Waals surface area contributed by atoms with Crippen molar-refractivity contribution >= 4 is 35.3 Å². The molecule has 0 aliphatic carbocycles. The normalized spacial score (nSPS) is 20.7. The second-order valence-electron chi connectivity index (χ2n) is 5.94. The van der Waals surface area contributed by atoms with Gasteiger partial charge in [-0.15, -0.1) is 0 Å². The third-order valence-corrected chi connectivity index (χ3v) is 4.95. The first kappa shape index (κ1) is 17.5. The van der Waals surface area contributed by atoms with Crippen LogP contribution < -0.4 is 5.32 Å². The fourth-order valence-electron chi connectivity index (χ4n) is 2.79. The molecule has 3 amide bonds. The molecule has 0 radical (unpaired) electrons. The number of rotatable bonds is 5. The van der Waals surface area contributed by atoms with E-state index in [4.69, 9.17) is 0 Å². The van der Waals surface area contributed by atoms with Gasteiger partial charge in [-0.1, -0.05) is 6.08 Å². The lowest BCUT2D eigenvalue weighted by Crippen LogP contribution is -2.50. The van der Waals surface area contributed by atoms with E-state index in [9.17, 15) is 14.4 Å². The third-order valence-electron chi connectivity index (χ3n) is 4.27. The molecule has 132 valence electrons. The second kappa shape index (κ2) is 8.17. The number of piperazine rings is 1. The highest BCUT2D eigenvalue weighted by Crippen LogP contribution is 2.11. The number of amides is 3. The molecule has 1 aromatic rings. The highest BCUT2D eigenvalue weighted by atomic mass is 32.1. The number of hydrogen-bond donors (Lipinski definition) is 1. The van der Waals surface area contributed by atoms with Crippen molar-refractivity contribution < 1.29 is 14.4 Å². The van der Waals surface area contributed by atoms with Crippen molar-refractivity contribution in [1.82, 2.24) is 15.1 Å². The van der Waals surface area contributed by atoms with Gasteiger partial charge in [-0.05, 0) is 11.4 Å². The Balaban J connectivity index is 1.36. The van der Waals surface area contributed by atoms with Gasteiger partial charge >= 0.3 is 0 Å². The van der Waals surface area contributed by atoms with E-state index in [1.54, 1.807) is 6.08 Å². The molecule has 1 unspecified atom stereocenters. The summed E-state index contributed by atoms with van der Waals surface area (Å²) >= 11 is 1.53. The van der Waals surface area contributed by atoms with Crippen LogP contribution in [0.4, 0.5) is 0 Å². The zero-order valence-corrected chi connectivity index (χ0v) is 14.6. The van der Waals surface area contributed by atoms with Crippen molar-refractivity contribution in [3.63, 3.8) is 0 Å². The molecule has 25 heavy (non-hydrogen) atoms. The Morgan fingerprint density at radius 3 is 2.72 bits per heavy atom. The van der Waals surface area contributed by atoms with Crippen LogP contribution in [0.3, 0.4) is 0 Å². The number of thiophene rings is 1. The molecule has 1 aromatic heterocycles. The Kier molecular flexibility index (Phi) is 5.72. The summed E-state index contributed by atoms with van der Waals surface area (Å²) in [5.74, 6) is -0.873. The summed E-state index contributed by atoms with van der Waals surface area (Å²) in [5, 5.41) is 6.64. The average Bonchev–Trinajstić information content (AvgIpc) is 3.17. The molecule has 1 fully saturated rings. The van der Waals surface area contributed by atoms with Crippen molar-refractivity contribution in [2.75, 3.05) is 39.3 Å². The van der Waals surface area contributed by atoms with Crippen LogP contribution in [0.25, 0.3) is 0 Å². The molecule has 8 heteroatoms. The SMILES string of the molecule is O=C1C=CC(C(=O)NCCN2CCN(C(=O)c3ccsc3)CC2)C=N1. The lowest BCUT2D eigenvalue weighted by molar-refractivity contribution is -0.121. The summed E-state index contributed by atoms with van der Waals surface area (Å²) in [7, 11) is 0. The van der Waals surface area contributed by atoms with Crippen molar-refractivity contribution in [3.8, 4) is 0 Å². The maximum atomic E-state index is 12.3. The summed E-state index contributed by atoms with van der Waals surface area (Å²) < 4.78 is 0. The van der Waals surface area contributed by atoms with E-state index >= 15 is 0 Å². The molecular formula is C17H20N4O3S. The van der Waals surface area contributed by atoms with Gasteiger partial charge in [0.05, 0.1) is 11.5 Å². The van der Waals surface area contributed by atoms with Gasteiger partial charge in [-0.25, -0.2) is 4.99 Å². The number of hydrogen-bond acceptors (Lipinski definition) is 5. The first-order chi connectivity index (χ1) is 12.1. The maximum absolute atomic E-state index is 12.3. The summed E-state index contributed by atoms with van der Waals surface area (Å²) in [4.78, 5) is 42.9. The maximum Gasteiger partial charge on any atom is 0.269 e. The quantitative estimate of drug-likeness (QED) is 0.824. The van der Waals surface area contributed by atoms with Crippen LogP contribution in [-0.4, -0.2) is 73.0 Å². The standard InChI is InChI=1S/C17H20N4O3S/c22-15-2-1-13(11-19-15)16(23)18-4-5-20-6-8-21(9-7-20)17(24)14-3-10-25-12-14/h1-3,10-13H,4-9H2,(H,18,23). The van der Waals surface area contributed by atoms with E-state index in [0.717, 1.165) is 25.2 Å². The van der Waals surface area contributed by atoms with Crippen LogP contribution in [-0.2, 0) is 9.59 Å². The predicted molar refractivity (Wildman–Crippen MR) is 95.8 cm³/mol. The fourth-order valence-corrected chi connectivity index (χ4v) is 3.42. The van der Waals surface area contributed by atoms with Gasteiger partial charge in [0.2, 0.25) is 5.91 Å². The molecule has 1 saturated heterocycles. The van der Waals surface area contributed by atoms with E-state index in [1.165, 1.54) is 23.6 Å². The Hall–Kier alpha value is -2.32. The number of aliphatic imine (C=N–C) groups is 1. The van der Waals surface area contributed by atoms with E-state index in [-0.39, 0.29) is 17.7 Å². The summed E-state index contributed by atoms with van der Waals surface area (Å²) in [5.41, 5.74) is 0.756. The summed E-state index contributed by atoms with van der Waals surface area (Å²) in [6.07, 6.45) is 4.24. The van der Waals surface area contributed by atoms with E-state index in [0.29, 0.717) is 19.6 Å². The lowest BCUT2D eigenvalue weighted by Gasteiger charge is -2.34. The Labute approximate surface area is 150 Å². The van der Waals surface area contributed by atoms with Crippen molar-refractivity contribution in [3.05, 3.63) is 34.5 Å². The van der Waals surface area contributed by atoms with Gasteiger partial charge in [-0.3, -0.25) is 19.3 Å². The van der Waals surface area contributed by atoms with Crippen LogP contribution in [0.1, 0.15) is 10.4 Å². The molecule has 0 aromatic carbocycles. The molecule has 3 rings (SSSR count). The number of carbonyl (C=O) groups is 3. The molecule has 3 heterocycles. The summed E-state index contributed by atoms with van der Waals surface area (Å²) in [6, 6.07) is 1.85. The van der Waals surface area contributed by atoms with Gasteiger partial charge in [0.1, 0.15) is 0 Å². The van der Waals surface area contributed by atoms with Gasteiger partial charge < -0.3 is 10.2 Å². The smallest absolute Gasteiger partial charge is 0.269 e. The molecule has 0 spiro atoms. The van der Waals surface area contributed by atoms with Crippen LogP contribution in [0.5, 0.6) is 0 Å². The summed E-state index contributed by atoms with van der Waals surface area (Å²) in [6.45, 7) is 4.25. The first-order valence-electron chi connectivity index (χ1n) is 8.21. The topological polar surface area (TPSA) is 82.1 Å². The number of nitrogens with one attached hydrogen (secondary N) is 1. The van der Waals surface area contributed by atoms with E-state index < -0.39 is 5.92 Å².